The molecule has 2 aromatic carbocycles. The molecule has 0 saturated heterocycles. The number of carbonyl (C=O) groups excluding carboxylic acids is 1. The van der Waals surface area contributed by atoms with Gasteiger partial charge in [-0.25, -0.2) is 9.79 Å². The fourth-order valence-corrected chi connectivity index (χ4v) is 3.66. The summed E-state index contributed by atoms with van der Waals surface area (Å²) in [4.78, 5) is 21.3. The molecule has 1 aromatic heterocycles. The number of carbonyl (C=O) groups is 1. The lowest BCUT2D eigenvalue weighted by atomic mass is 10.2. The number of halogens is 1. The number of rotatable bonds is 6. The van der Waals surface area contributed by atoms with Gasteiger partial charge in [0.05, 0.1) is 19.1 Å². The van der Waals surface area contributed by atoms with E-state index < -0.39 is 5.97 Å². The van der Waals surface area contributed by atoms with Gasteiger partial charge < -0.3 is 18.9 Å². The van der Waals surface area contributed by atoms with E-state index in [9.17, 15) is 4.79 Å². The fraction of sp³-hybridized carbons (Fsp3) is 0.0952. The maximum atomic E-state index is 12.3. The Bertz CT molecular complexity index is 1140. The minimum atomic E-state index is -0.596. The van der Waals surface area contributed by atoms with E-state index in [-0.39, 0.29) is 16.7 Å². The van der Waals surface area contributed by atoms with E-state index in [0.717, 1.165) is 0 Å². The van der Waals surface area contributed by atoms with Crippen molar-refractivity contribution in [2.75, 3.05) is 14.2 Å². The third-order valence-corrected chi connectivity index (χ3v) is 5.31. The summed E-state index contributed by atoms with van der Waals surface area (Å²) in [7, 11) is 3.07. The average molecular weight is 443 g/mol. The molecular formula is C21H15ClN2O5S. The lowest BCUT2D eigenvalue weighted by Gasteiger charge is -2.07. The highest BCUT2D eigenvalue weighted by atomic mass is 35.5. The first-order chi connectivity index (χ1) is 14.6. The van der Waals surface area contributed by atoms with E-state index in [2.05, 4.69) is 9.98 Å². The quantitative estimate of drug-likeness (QED) is 0.397. The first kappa shape index (κ1) is 19.9. The van der Waals surface area contributed by atoms with Crippen LogP contribution >= 0.6 is 22.9 Å². The minimum Gasteiger partial charge on any atom is -0.497 e. The number of nitrogens with zero attached hydrogens (tertiary/aromatic N) is 2. The highest BCUT2D eigenvalue weighted by Gasteiger charge is 2.26. The summed E-state index contributed by atoms with van der Waals surface area (Å²) in [5, 5.41) is 0.559. The van der Waals surface area contributed by atoms with E-state index in [0.29, 0.717) is 32.9 Å². The standard InChI is InChI=1S/C21H15ClN2O5S/c1-26-14-8-12(9-15(10-14)27-2)19-23-16(20(25)29-19)11-17-18(22)24-21(30-17)28-13-6-4-3-5-7-13/h3-11H,1-2H3/b16-11-. The van der Waals surface area contributed by atoms with Crippen molar-refractivity contribution in [3.8, 4) is 22.4 Å². The number of aliphatic imine (C=N–C) groups is 1. The number of benzene rings is 2. The van der Waals surface area contributed by atoms with Crippen molar-refractivity contribution in [3.05, 3.63) is 69.8 Å². The van der Waals surface area contributed by atoms with E-state index in [1.807, 2.05) is 18.2 Å². The number of hydrogen-bond acceptors (Lipinski definition) is 8. The molecule has 2 heterocycles. The first-order valence-corrected chi connectivity index (χ1v) is 9.90. The minimum absolute atomic E-state index is 0.101. The van der Waals surface area contributed by atoms with Gasteiger partial charge in [-0.05, 0) is 30.3 Å². The Hall–Kier alpha value is -3.36. The molecule has 0 radical (unpaired) electrons. The zero-order valence-corrected chi connectivity index (χ0v) is 17.5. The van der Waals surface area contributed by atoms with Gasteiger partial charge in [0.25, 0.3) is 5.19 Å². The van der Waals surface area contributed by atoms with Crippen LogP contribution in [-0.4, -0.2) is 31.1 Å². The third-order valence-electron chi connectivity index (χ3n) is 4.03. The van der Waals surface area contributed by atoms with Gasteiger partial charge in [0.15, 0.2) is 10.9 Å². The van der Waals surface area contributed by atoms with Gasteiger partial charge in [-0.3, -0.25) is 0 Å². The Labute approximate surface area is 181 Å². The Morgan fingerprint density at radius 1 is 1.03 bits per heavy atom. The number of ether oxygens (including phenoxy) is 4. The summed E-state index contributed by atoms with van der Waals surface area (Å²) < 4.78 is 21.5. The van der Waals surface area contributed by atoms with Crippen LogP contribution in [0.2, 0.25) is 5.15 Å². The summed E-state index contributed by atoms with van der Waals surface area (Å²) in [6, 6.07) is 14.3. The molecule has 1 aliphatic heterocycles. The number of hydrogen-bond donors (Lipinski definition) is 0. The predicted octanol–water partition coefficient (Wildman–Crippen LogP) is 4.95. The van der Waals surface area contributed by atoms with Crippen LogP contribution in [0.15, 0.2) is 59.2 Å². The van der Waals surface area contributed by atoms with Gasteiger partial charge in [0.2, 0.25) is 5.90 Å². The Morgan fingerprint density at radius 2 is 1.73 bits per heavy atom. The van der Waals surface area contributed by atoms with Crippen molar-refractivity contribution in [2.24, 2.45) is 4.99 Å². The first-order valence-electron chi connectivity index (χ1n) is 8.71. The Morgan fingerprint density at radius 3 is 2.40 bits per heavy atom. The number of para-hydroxylation sites is 1. The van der Waals surface area contributed by atoms with Crippen molar-refractivity contribution in [3.63, 3.8) is 0 Å². The molecule has 4 rings (SSSR count). The second-order valence-electron chi connectivity index (χ2n) is 5.99. The molecule has 9 heteroatoms. The van der Waals surface area contributed by atoms with Gasteiger partial charge >= 0.3 is 5.97 Å². The van der Waals surface area contributed by atoms with Crippen LogP contribution in [0.4, 0.5) is 0 Å². The van der Waals surface area contributed by atoms with Crippen LogP contribution in [0.5, 0.6) is 22.4 Å². The normalized spacial score (nSPS) is 14.4. The molecule has 7 nitrogen and oxygen atoms in total. The van der Waals surface area contributed by atoms with Gasteiger partial charge in [0.1, 0.15) is 17.2 Å². The lowest BCUT2D eigenvalue weighted by molar-refractivity contribution is -0.129. The highest BCUT2D eigenvalue weighted by Crippen LogP contribution is 2.34. The second kappa shape index (κ2) is 8.56. The van der Waals surface area contributed by atoms with E-state index >= 15 is 0 Å². The summed E-state index contributed by atoms with van der Waals surface area (Å²) in [6.07, 6.45) is 1.52. The Balaban J connectivity index is 1.62. The number of aromatic nitrogens is 1. The van der Waals surface area contributed by atoms with Crippen LogP contribution in [0, 0.1) is 0 Å². The SMILES string of the molecule is COc1cc(OC)cc(C2=N/C(=C\c3sc(Oc4ccccc4)nc3Cl)C(=O)O2)c1. The molecule has 0 bridgehead atoms. The van der Waals surface area contributed by atoms with E-state index in [1.165, 1.54) is 31.6 Å². The molecule has 0 atom stereocenters. The summed E-state index contributed by atoms with van der Waals surface area (Å²) in [5.41, 5.74) is 0.648. The largest absolute Gasteiger partial charge is 0.497 e. The van der Waals surface area contributed by atoms with Crippen molar-refractivity contribution in [1.29, 1.82) is 0 Å². The topological polar surface area (TPSA) is 79.2 Å². The number of thiazole rings is 1. The average Bonchev–Trinajstić information content (AvgIpc) is 3.30. The highest BCUT2D eigenvalue weighted by molar-refractivity contribution is 7.14. The van der Waals surface area contributed by atoms with Gasteiger partial charge in [-0.1, -0.05) is 41.1 Å². The van der Waals surface area contributed by atoms with Crippen LogP contribution in [0.1, 0.15) is 10.4 Å². The molecule has 30 heavy (non-hydrogen) atoms. The molecule has 0 saturated carbocycles. The molecule has 0 fully saturated rings. The maximum Gasteiger partial charge on any atom is 0.363 e. The zero-order chi connectivity index (χ0) is 21.1. The predicted molar refractivity (Wildman–Crippen MR) is 114 cm³/mol. The zero-order valence-electron chi connectivity index (χ0n) is 15.9. The van der Waals surface area contributed by atoms with Crippen molar-refractivity contribution in [2.45, 2.75) is 0 Å². The van der Waals surface area contributed by atoms with Crippen LogP contribution in [0.3, 0.4) is 0 Å². The maximum absolute atomic E-state index is 12.3. The molecule has 0 unspecified atom stereocenters. The fourth-order valence-electron chi connectivity index (χ4n) is 2.60. The van der Waals surface area contributed by atoms with Crippen molar-refractivity contribution in [1.82, 2.24) is 4.98 Å². The van der Waals surface area contributed by atoms with Crippen LogP contribution in [0.25, 0.3) is 6.08 Å². The number of cyclic esters (lactones) is 1. The summed E-state index contributed by atoms with van der Waals surface area (Å²) in [5.74, 6) is 1.28. The molecule has 1 aliphatic rings. The third kappa shape index (κ3) is 4.29. The van der Waals surface area contributed by atoms with E-state index in [4.69, 9.17) is 30.5 Å². The molecule has 0 spiro atoms. The number of methoxy groups -OCH3 is 2. The summed E-state index contributed by atoms with van der Waals surface area (Å²) in [6.45, 7) is 0. The molecule has 152 valence electrons. The van der Waals surface area contributed by atoms with E-state index in [1.54, 1.807) is 30.3 Å². The smallest absolute Gasteiger partial charge is 0.363 e. The molecule has 0 aliphatic carbocycles. The molecular weight excluding hydrogens is 428 g/mol. The Kier molecular flexibility index (Phi) is 5.69. The van der Waals surface area contributed by atoms with Crippen LogP contribution < -0.4 is 14.2 Å². The van der Waals surface area contributed by atoms with Crippen molar-refractivity contribution < 1.29 is 23.7 Å². The lowest BCUT2D eigenvalue weighted by Crippen LogP contribution is -2.06. The van der Waals surface area contributed by atoms with Gasteiger partial charge in [-0.15, -0.1) is 0 Å². The van der Waals surface area contributed by atoms with Crippen LogP contribution in [-0.2, 0) is 9.53 Å². The van der Waals surface area contributed by atoms with Crippen molar-refractivity contribution >= 4 is 40.9 Å². The number of esters is 1. The summed E-state index contributed by atoms with van der Waals surface area (Å²) >= 11 is 7.40. The van der Waals surface area contributed by atoms with Gasteiger partial charge in [-0.2, -0.15) is 4.98 Å². The second-order valence-corrected chi connectivity index (χ2v) is 7.34. The van der Waals surface area contributed by atoms with Gasteiger partial charge in [0, 0.05) is 11.6 Å². The monoisotopic (exact) mass is 442 g/mol. The molecule has 0 amide bonds. The molecule has 3 aromatic rings. The molecule has 0 N–H and O–H groups in total.